The zero-order valence-corrected chi connectivity index (χ0v) is 21.8. The lowest BCUT2D eigenvalue weighted by Gasteiger charge is -2.37. The van der Waals surface area contributed by atoms with Crippen molar-refractivity contribution in [1.29, 1.82) is 0 Å². The van der Waals surface area contributed by atoms with Crippen LogP contribution in [0.1, 0.15) is 30.3 Å². The molecule has 196 valence electrons. The number of amides is 3. The molecule has 1 atom stereocenters. The Balaban J connectivity index is 1.45. The first-order valence-electron chi connectivity index (χ1n) is 12.5. The molecule has 2 aliphatic heterocycles. The van der Waals surface area contributed by atoms with Gasteiger partial charge in [-0.1, -0.05) is 0 Å². The summed E-state index contributed by atoms with van der Waals surface area (Å²) < 4.78 is 24.7. The third-order valence-electron chi connectivity index (χ3n) is 6.45. The fourth-order valence-electron chi connectivity index (χ4n) is 4.51. The summed E-state index contributed by atoms with van der Waals surface area (Å²) in [5.41, 5.74) is 1.08. The molecule has 1 fully saturated rings. The number of carbonyl (C=O) groups is 2. The molecule has 8 nitrogen and oxygen atoms in total. The number of fused-ring (bicyclic) bond motifs is 1. The van der Waals surface area contributed by atoms with Crippen molar-refractivity contribution >= 4 is 23.3 Å². The quantitative estimate of drug-likeness (QED) is 0.552. The molecular weight excluding hydrogens is 483 g/mol. The van der Waals surface area contributed by atoms with Gasteiger partial charge in [0.05, 0.1) is 19.3 Å². The normalized spacial score (nSPS) is 18.1. The van der Waals surface area contributed by atoms with Crippen molar-refractivity contribution in [3.8, 4) is 5.75 Å². The van der Waals surface area contributed by atoms with Crippen LogP contribution in [0, 0.1) is 5.82 Å². The van der Waals surface area contributed by atoms with Gasteiger partial charge in [-0.25, -0.2) is 9.18 Å². The fraction of sp³-hybridized carbons (Fsp3) is 0.538. The Kier molecular flexibility index (Phi) is 9.17. The lowest BCUT2D eigenvalue weighted by atomic mass is 10.0. The third kappa shape index (κ3) is 6.96. The summed E-state index contributed by atoms with van der Waals surface area (Å²) in [6, 6.07) is 7.39. The molecule has 10 heteroatoms. The van der Waals surface area contributed by atoms with Crippen LogP contribution < -0.4 is 10.1 Å². The van der Waals surface area contributed by atoms with Crippen LogP contribution in [0.25, 0.3) is 0 Å². The second-order valence-corrected chi connectivity index (χ2v) is 10.4. The van der Waals surface area contributed by atoms with Gasteiger partial charge in [-0.3, -0.25) is 9.69 Å². The van der Waals surface area contributed by atoms with Gasteiger partial charge in [-0.2, -0.15) is 0 Å². The van der Waals surface area contributed by atoms with Crippen molar-refractivity contribution in [2.24, 2.45) is 0 Å². The maximum Gasteiger partial charge on any atom is 0.318 e. The molecule has 4 rings (SSSR count). The molecule has 1 aromatic heterocycles. The molecule has 1 N–H and O–H groups in total. The number of rotatable bonds is 9. The summed E-state index contributed by atoms with van der Waals surface area (Å²) in [5.74, 6) is 0.115. The van der Waals surface area contributed by atoms with E-state index >= 15 is 0 Å². The van der Waals surface area contributed by atoms with Crippen molar-refractivity contribution < 1.29 is 23.5 Å². The van der Waals surface area contributed by atoms with Gasteiger partial charge in [0, 0.05) is 43.6 Å². The van der Waals surface area contributed by atoms with E-state index < -0.39 is 0 Å². The number of urea groups is 1. The van der Waals surface area contributed by atoms with Gasteiger partial charge < -0.3 is 24.6 Å². The summed E-state index contributed by atoms with van der Waals surface area (Å²) in [6.07, 6.45) is 0.776. The zero-order valence-electron chi connectivity index (χ0n) is 21.0. The predicted octanol–water partition coefficient (Wildman–Crippen LogP) is 3.14. The van der Waals surface area contributed by atoms with E-state index in [0.717, 1.165) is 25.1 Å². The molecule has 1 saturated heterocycles. The Morgan fingerprint density at radius 1 is 1.19 bits per heavy atom. The van der Waals surface area contributed by atoms with E-state index in [9.17, 15) is 14.0 Å². The van der Waals surface area contributed by atoms with E-state index in [-0.39, 0.29) is 43.0 Å². The molecule has 0 radical (unpaired) electrons. The van der Waals surface area contributed by atoms with E-state index in [0.29, 0.717) is 38.6 Å². The van der Waals surface area contributed by atoms with Crippen LogP contribution in [0.2, 0.25) is 0 Å². The van der Waals surface area contributed by atoms with Crippen molar-refractivity contribution in [2.75, 3.05) is 59.1 Å². The molecule has 0 bridgehead atoms. The minimum absolute atomic E-state index is 0.00455. The van der Waals surface area contributed by atoms with Crippen LogP contribution in [0.3, 0.4) is 0 Å². The van der Waals surface area contributed by atoms with Crippen LogP contribution >= 0.6 is 11.3 Å². The van der Waals surface area contributed by atoms with Crippen molar-refractivity contribution in [3.05, 3.63) is 52.0 Å². The monoisotopic (exact) mass is 518 g/mol. The topological polar surface area (TPSA) is 74.4 Å². The number of hydrogen-bond donors (Lipinski definition) is 1. The minimum atomic E-state index is -0.325. The van der Waals surface area contributed by atoms with Crippen LogP contribution in [-0.4, -0.2) is 91.8 Å². The van der Waals surface area contributed by atoms with Crippen molar-refractivity contribution in [3.63, 3.8) is 0 Å². The average Bonchev–Trinajstić information content (AvgIpc) is 3.35. The summed E-state index contributed by atoms with van der Waals surface area (Å²) in [4.78, 5) is 33.5. The van der Waals surface area contributed by atoms with E-state index in [4.69, 9.17) is 9.47 Å². The maximum absolute atomic E-state index is 13.6. The summed E-state index contributed by atoms with van der Waals surface area (Å²) in [7, 11) is 0. The van der Waals surface area contributed by atoms with Gasteiger partial charge in [-0.15, -0.1) is 11.3 Å². The Hall–Kier alpha value is -2.69. The predicted molar refractivity (Wildman–Crippen MR) is 137 cm³/mol. The van der Waals surface area contributed by atoms with Crippen LogP contribution in [0.15, 0.2) is 35.7 Å². The fourth-order valence-corrected chi connectivity index (χ4v) is 5.44. The molecule has 1 aromatic carbocycles. The second-order valence-electron chi connectivity index (χ2n) is 9.40. The molecule has 2 aliphatic rings. The van der Waals surface area contributed by atoms with Gasteiger partial charge in [0.25, 0.3) is 0 Å². The lowest BCUT2D eigenvalue weighted by Crippen LogP contribution is -2.52. The highest BCUT2D eigenvalue weighted by molar-refractivity contribution is 7.10. The molecule has 36 heavy (non-hydrogen) atoms. The third-order valence-corrected chi connectivity index (χ3v) is 7.45. The zero-order chi connectivity index (χ0) is 25.5. The highest BCUT2D eigenvalue weighted by atomic mass is 32.1. The Labute approximate surface area is 216 Å². The Bertz CT molecular complexity index is 1010. The van der Waals surface area contributed by atoms with Gasteiger partial charge in [0.2, 0.25) is 5.91 Å². The van der Waals surface area contributed by atoms with Gasteiger partial charge in [-0.05, 0) is 61.5 Å². The highest BCUT2D eigenvalue weighted by Crippen LogP contribution is 2.34. The first-order valence-corrected chi connectivity index (χ1v) is 13.4. The Morgan fingerprint density at radius 2 is 1.94 bits per heavy atom. The van der Waals surface area contributed by atoms with Gasteiger partial charge >= 0.3 is 6.03 Å². The first-order chi connectivity index (χ1) is 17.4. The number of nitrogens with one attached hydrogen (secondary N) is 1. The summed E-state index contributed by atoms with van der Waals surface area (Å²) in [6.45, 7) is 8.79. The second kappa shape index (κ2) is 12.5. The molecule has 1 unspecified atom stereocenters. The maximum atomic E-state index is 13.6. The largest absolute Gasteiger partial charge is 0.491 e. The number of nitrogens with zero attached hydrogens (tertiary/aromatic N) is 3. The average molecular weight is 519 g/mol. The van der Waals surface area contributed by atoms with Crippen molar-refractivity contribution in [2.45, 2.75) is 32.4 Å². The van der Waals surface area contributed by atoms with Crippen molar-refractivity contribution in [1.82, 2.24) is 20.0 Å². The van der Waals surface area contributed by atoms with Gasteiger partial charge in [0.15, 0.2) is 0 Å². The molecule has 0 aliphatic carbocycles. The lowest BCUT2D eigenvalue weighted by molar-refractivity contribution is -0.135. The number of halogens is 1. The minimum Gasteiger partial charge on any atom is -0.491 e. The van der Waals surface area contributed by atoms with E-state index in [1.54, 1.807) is 28.4 Å². The first kappa shape index (κ1) is 26.4. The van der Waals surface area contributed by atoms with E-state index in [1.165, 1.54) is 17.0 Å². The van der Waals surface area contributed by atoms with E-state index in [2.05, 4.69) is 10.2 Å². The molecule has 0 saturated carbocycles. The number of morpholine rings is 1. The smallest absolute Gasteiger partial charge is 0.318 e. The summed E-state index contributed by atoms with van der Waals surface area (Å²) >= 11 is 1.68. The molecule has 3 amide bonds. The molecule has 2 aromatic rings. The number of thiophene rings is 1. The standard InChI is InChI=1S/C26H35FN4O4S/c1-19(2)28-26(33)30(11-10-29-12-14-34-15-13-29)17-25(32)31-9-7-24-22(8-16-36-24)23(31)18-35-21-5-3-20(27)4-6-21/h3-6,8,16,19,23H,7,9-15,17-18H2,1-2H3,(H,28,33). The van der Waals surface area contributed by atoms with Crippen LogP contribution in [-0.2, 0) is 16.0 Å². The number of hydrogen-bond acceptors (Lipinski definition) is 6. The molecular formula is C26H35FN4O4S. The number of carbonyl (C=O) groups excluding carboxylic acids is 2. The van der Waals surface area contributed by atoms with Crippen LogP contribution in [0.5, 0.6) is 5.75 Å². The molecule has 0 spiro atoms. The summed E-state index contributed by atoms with van der Waals surface area (Å²) in [5, 5.41) is 4.97. The van der Waals surface area contributed by atoms with Gasteiger partial charge in [0.1, 0.15) is 24.7 Å². The highest BCUT2D eigenvalue weighted by Gasteiger charge is 2.33. The number of benzene rings is 1. The molecule has 3 heterocycles. The Morgan fingerprint density at radius 3 is 2.67 bits per heavy atom. The SMILES string of the molecule is CC(C)NC(=O)N(CCN1CCOCC1)CC(=O)N1CCc2sccc2C1COc1ccc(F)cc1. The van der Waals surface area contributed by atoms with Crippen LogP contribution in [0.4, 0.5) is 9.18 Å². The van der Waals surface area contributed by atoms with E-state index in [1.807, 2.05) is 30.2 Å². The number of ether oxygens (including phenoxy) is 2.